The molecule has 0 saturated heterocycles. The zero-order valence-corrected chi connectivity index (χ0v) is 13.9. The molecule has 0 aromatic rings. The summed E-state index contributed by atoms with van der Waals surface area (Å²) in [6.45, 7) is 14.0. The standard InChI is InChI=1S/C15H30O2Si/c1-12-9-13(7-8-16)11-14(10-12)17-18(5,6)15(2,3)4/h7,12,14,16H,8-11H2,1-6H3/b13-7-/t12-,14+/m1/s1. The van der Waals surface area contributed by atoms with Gasteiger partial charge in [0.05, 0.1) is 6.61 Å². The highest BCUT2D eigenvalue weighted by atomic mass is 28.4. The second kappa shape index (κ2) is 5.89. The van der Waals surface area contributed by atoms with Crippen LogP contribution >= 0.6 is 0 Å². The lowest BCUT2D eigenvalue weighted by atomic mass is 9.85. The number of hydrogen-bond acceptors (Lipinski definition) is 2. The van der Waals surface area contributed by atoms with Gasteiger partial charge in [-0.3, -0.25) is 0 Å². The maximum atomic E-state index is 9.04. The lowest BCUT2D eigenvalue weighted by Gasteiger charge is -2.41. The maximum Gasteiger partial charge on any atom is 0.192 e. The molecule has 0 radical (unpaired) electrons. The Morgan fingerprint density at radius 3 is 2.44 bits per heavy atom. The van der Waals surface area contributed by atoms with Crippen molar-refractivity contribution < 1.29 is 9.53 Å². The van der Waals surface area contributed by atoms with Crippen LogP contribution in [0.1, 0.15) is 47.0 Å². The van der Waals surface area contributed by atoms with Crippen LogP contribution < -0.4 is 0 Å². The van der Waals surface area contributed by atoms with Crippen molar-refractivity contribution >= 4 is 8.32 Å². The van der Waals surface area contributed by atoms with Crippen LogP contribution in [0, 0.1) is 5.92 Å². The molecule has 2 nitrogen and oxygen atoms in total. The second-order valence-corrected chi connectivity index (χ2v) is 12.1. The minimum absolute atomic E-state index is 0.162. The van der Waals surface area contributed by atoms with Crippen molar-refractivity contribution in [1.29, 1.82) is 0 Å². The quantitative estimate of drug-likeness (QED) is 0.617. The van der Waals surface area contributed by atoms with Gasteiger partial charge < -0.3 is 9.53 Å². The molecule has 1 aliphatic rings. The van der Waals surface area contributed by atoms with Gasteiger partial charge in [-0.15, -0.1) is 0 Å². The van der Waals surface area contributed by atoms with Crippen molar-refractivity contribution in [1.82, 2.24) is 0 Å². The number of hydrogen-bond donors (Lipinski definition) is 1. The molecule has 2 atom stereocenters. The first-order valence-electron chi connectivity index (χ1n) is 7.12. The number of rotatable bonds is 3. The van der Waals surface area contributed by atoms with E-state index < -0.39 is 8.32 Å². The molecule has 0 unspecified atom stereocenters. The van der Waals surface area contributed by atoms with E-state index in [0.29, 0.717) is 12.0 Å². The van der Waals surface area contributed by atoms with Crippen molar-refractivity contribution in [3.63, 3.8) is 0 Å². The summed E-state index contributed by atoms with van der Waals surface area (Å²) >= 11 is 0. The van der Waals surface area contributed by atoms with Gasteiger partial charge in [-0.2, -0.15) is 0 Å². The predicted octanol–water partition coefficient (Wildman–Crippen LogP) is 4.12. The van der Waals surface area contributed by atoms with Gasteiger partial charge in [0, 0.05) is 6.10 Å². The normalized spacial score (nSPS) is 28.7. The van der Waals surface area contributed by atoms with Crippen LogP contribution in [0.25, 0.3) is 0 Å². The Balaban J connectivity index is 2.70. The molecule has 0 aromatic heterocycles. The summed E-state index contributed by atoms with van der Waals surface area (Å²) in [5, 5.41) is 9.32. The molecule has 1 aliphatic carbocycles. The van der Waals surface area contributed by atoms with Crippen LogP contribution in [0.5, 0.6) is 0 Å². The second-order valence-electron chi connectivity index (χ2n) is 7.29. The average Bonchev–Trinajstić information content (AvgIpc) is 2.13. The lowest BCUT2D eigenvalue weighted by Crippen LogP contribution is -2.45. The molecular weight excluding hydrogens is 240 g/mol. The zero-order chi connectivity index (χ0) is 14.0. The summed E-state index contributed by atoms with van der Waals surface area (Å²) in [4.78, 5) is 0. The van der Waals surface area contributed by atoms with Crippen LogP contribution in [-0.4, -0.2) is 26.1 Å². The third-order valence-electron chi connectivity index (χ3n) is 4.41. The Kier molecular flexibility index (Phi) is 5.21. The van der Waals surface area contributed by atoms with Gasteiger partial charge in [-0.1, -0.05) is 39.3 Å². The van der Waals surface area contributed by atoms with Crippen LogP contribution in [0.4, 0.5) is 0 Å². The average molecular weight is 270 g/mol. The van der Waals surface area contributed by atoms with Gasteiger partial charge in [-0.25, -0.2) is 0 Å². The fourth-order valence-corrected chi connectivity index (χ4v) is 3.78. The summed E-state index contributed by atoms with van der Waals surface area (Å²) < 4.78 is 6.51. The maximum absolute atomic E-state index is 9.04. The third kappa shape index (κ3) is 4.21. The smallest absolute Gasteiger partial charge is 0.192 e. The van der Waals surface area contributed by atoms with Gasteiger partial charge in [-0.05, 0) is 43.3 Å². The van der Waals surface area contributed by atoms with E-state index >= 15 is 0 Å². The molecular formula is C15H30O2Si. The molecule has 0 bridgehead atoms. The molecule has 0 aliphatic heterocycles. The van der Waals surface area contributed by atoms with Crippen molar-refractivity contribution in [2.24, 2.45) is 5.92 Å². The number of aliphatic hydroxyl groups excluding tert-OH is 1. The Morgan fingerprint density at radius 1 is 1.33 bits per heavy atom. The molecule has 3 heteroatoms. The topological polar surface area (TPSA) is 29.5 Å². The minimum atomic E-state index is -1.66. The van der Waals surface area contributed by atoms with E-state index in [1.54, 1.807) is 0 Å². The summed E-state index contributed by atoms with van der Waals surface area (Å²) in [7, 11) is -1.66. The van der Waals surface area contributed by atoms with E-state index in [-0.39, 0.29) is 11.6 Å². The minimum Gasteiger partial charge on any atom is -0.414 e. The fourth-order valence-electron chi connectivity index (χ4n) is 2.42. The predicted molar refractivity (Wildman–Crippen MR) is 80.3 cm³/mol. The van der Waals surface area contributed by atoms with Crippen molar-refractivity contribution in [3.8, 4) is 0 Å². The van der Waals surface area contributed by atoms with Gasteiger partial charge in [0.15, 0.2) is 8.32 Å². The third-order valence-corrected chi connectivity index (χ3v) is 8.95. The van der Waals surface area contributed by atoms with Crippen LogP contribution in [0.3, 0.4) is 0 Å². The van der Waals surface area contributed by atoms with Crippen molar-refractivity contribution in [2.75, 3.05) is 6.61 Å². The van der Waals surface area contributed by atoms with E-state index in [0.717, 1.165) is 19.3 Å². The Bertz CT molecular complexity index is 302. The van der Waals surface area contributed by atoms with Gasteiger partial charge in [0.1, 0.15) is 0 Å². The van der Waals surface area contributed by atoms with Crippen molar-refractivity contribution in [2.45, 2.75) is 71.2 Å². The molecule has 1 N–H and O–H groups in total. The molecule has 0 aromatic carbocycles. The monoisotopic (exact) mass is 270 g/mol. The Morgan fingerprint density at radius 2 is 1.94 bits per heavy atom. The van der Waals surface area contributed by atoms with Crippen LogP contribution in [0.15, 0.2) is 11.6 Å². The highest BCUT2D eigenvalue weighted by molar-refractivity contribution is 6.74. The molecule has 1 rings (SSSR count). The van der Waals surface area contributed by atoms with E-state index in [9.17, 15) is 0 Å². The van der Waals surface area contributed by atoms with Crippen LogP contribution in [-0.2, 0) is 4.43 Å². The highest BCUT2D eigenvalue weighted by Crippen LogP contribution is 2.40. The van der Waals surface area contributed by atoms with Crippen LogP contribution in [0.2, 0.25) is 18.1 Å². The molecule has 106 valence electrons. The molecule has 1 saturated carbocycles. The van der Waals surface area contributed by atoms with E-state index in [4.69, 9.17) is 9.53 Å². The Labute approximate surface area is 114 Å². The number of aliphatic hydroxyl groups is 1. The SMILES string of the molecule is C[C@@H]1C/C(=C/CO)C[C@@H](O[Si](C)(C)C(C)(C)C)C1. The first-order chi connectivity index (χ1) is 8.15. The zero-order valence-electron chi connectivity index (χ0n) is 12.9. The first kappa shape index (κ1) is 15.9. The van der Waals surface area contributed by atoms with Gasteiger partial charge in [0.2, 0.25) is 0 Å². The summed E-state index contributed by atoms with van der Waals surface area (Å²) in [5.74, 6) is 0.673. The highest BCUT2D eigenvalue weighted by Gasteiger charge is 2.40. The first-order valence-corrected chi connectivity index (χ1v) is 10.0. The summed E-state index contributed by atoms with van der Waals surface area (Å²) in [6, 6.07) is 0. The van der Waals surface area contributed by atoms with Gasteiger partial charge in [0.25, 0.3) is 0 Å². The molecule has 1 fully saturated rings. The lowest BCUT2D eigenvalue weighted by molar-refractivity contribution is 0.135. The molecule has 0 spiro atoms. The summed E-state index contributed by atoms with van der Waals surface area (Å²) in [5.41, 5.74) is 1.37. The molecule has 18 heavy (non-hydrogen) atoms. The largest absolute Gasteiger partial charge is 0.414 e. The Hall–Kier alpha value is -0.123. The van der Waals surface area contributed by atoms with E-state index in [2.05, 4.69) is 40.8 Å². The van der Waals surface area contributed by atoms with E-state index in [1.165, 1.54) is 5.57 Å². The fraction of sp³-hybridized carbons (Fsp3) is 0.867. The van der Waals surface area contributed by atoms with Gasteiger partial charge >= 0.3 is 0 Å². The van der Waals surface area contributed by atoms with E-state index in [1.807, 2.05) is 6.08 Å². The summed E-state index contributed by atoms with van der Waals surface area (Å²) in [6.07, 6.45) is 5.62. The molecule has 0 amide bonds. The van der Waals surface area contributed by atoms with Crippen molar-refractivity contribution in [3.05, 3.63) is 11.6 Å². The molecule has 0 heterocycles.